The number of ether oxygens (including phenoxy) is 1. The van der Waals surface area contributed by atoms with Crippen LogP contribution in [0.15, 0.2) is 103 Å². The third kappa shape index (κ3) is 8.48. The number of esters is 1. The number of piperidine rings is 1. The Morgan fingerprint density at radius 2 is 1.63 bits per heavy atom. The van der Waals surface area contributed by atoms with Crippen LogP contribution in [0.1, 0.15) is 99.2 Å². The van der Waals surface area contributed by atoms with Gasteiger partial charge in [-0.25, -0.2) is 4.39 Å². The highest BCUT2D eigenvalue weighted by Crippen LogP contribution is 2.43. The Hall–Kier alpha value is -4.33. The molecule has 2 fully saturated rings. The molecule has 6 nitrogen and oxygen atoms in total. The Morgan fingerprint density at radius 3 is 2.37 bits per heavy atom. The zero-order valence-corrected chi connectivity index (χ0v) is 31.1. The van der Waals surface area contributed by atoms with Crippen LogP contribution in [0.2, 0.25) is 0 Å². The van der Waals surface area contributed by atoms with Crippen molar-refractivity contribution < 1.29 is 13.9 Å². The molecular formula is C45H53FN4O2. The molecule has 1 aromatic heterocycles. The summed E-state index contributed by atoms with van der Waals surface area (Å²) < 4.78 is 22.6. The van der Waals surface area contributed by atoms with Crippen LogP contribution in [-0.4, -0.2) is 58.5 Å². The second-order valence-electron chi connectivity index (χ2n) is 15.9. The fourth-order valence-electron chi connectivity index (χ4n) is 8.57. The second-order valence-corrected chi connectivity index (χ2v) is 15.9. The normalized spacial score (nSPS) is 20.7. The predicted octanol–water partition coefficient (Wildman–Crippen LogP) is 9.05. The second kappa shape index (κ2) is 15.7. The molecule has 0 amide bonds. The van der Waals surface area contributed by atoms with Gasteiger partial charge in [-0.15, -0.1) is 0 Å². The Bertz CT molecular complexity index is 1960. The van der Waals surface area contributed by atoms with Crippen molar-refractivity contribution >= 4 is 16.7 Å². The number of rotatable bonds is 11. The number of fused-ring (bicyclic) bond motifs is 1. The van der Waals surface area contributed by atoms with Gasteiger partial charge in [-0.1, -0.05) is 84.9 Å². The molecule has 2 heterocycles. The first kappa shape index (κ1) is 36.0. The lowest BCUT2D eigenvalue weighted by Crippen LogP contribution is -2.40. The zero-order valence-electron chi connectivity index (χ0n) is 31.1. The number of benzene rings is 4. The van der Waals surface area contributed by atoms with Gasteiger partial charge in [-0.3, -0.25) is 9.48 Å². The fraction of sp³-hybridized carbons (Fsp3) is 0.422. The number of halogens is 1. The maximum Gasteiger partial charge on any atom is 0.320 e. The summed E-state index contributed by atoms with van der Waals surface area (Å²) in [6.45, 7) is 12.2. The zero-order chi connectivity index (χ0) is 36.2. The summed E-state index contributed by atoms with van der Waals surface area (Å²) in [4.78, 5) is 15.3. The van der Waals surface area contributed by atoms with Crippen LogP contribution in [0.5, 0.6) is 0 Å². The Labute approximate surface area is 308 Å². The predicted molar refractivity (Wildman–Crippen MR) is 207 cm³/mol. The van der Waals surface area contributed by atoms with Gasteiger partial charge in [0.2, 0.25) is 0 Å². The highest BCUT2D eigenvalue weighted by Gasteiger charge is 2.39. The number of carbonyl (C=O) groups excluding carboxylic acids is 1. The molecule has 4 aromatic carbocycles. The summed E-state index contributed by atoms with van der Waals surface area (Å²) in [7, 11) is 0. The first-order chi connectivity index (χ1) is 25.1. The topological polar surface area (TPSA) is 59.4 Å². The van der Waals surface area contributed by atoms with Crippen molar-refractivity contribution in [2.24, 2.45) is 5.92 Å². The number of likely N-dealkylation sites (tertiary alicyclic amines) is 1. The van der Waals surface area contributed by atoms with E-state index < -0.39 is 0 Å². The third-order valence-electron chi connectivity index (χ3n) is 11.2. The SMILES string of the molecule is CCn1nc([C@H](c2ccccc2)c2ccc3ccccc3c2)cc1C1CCN(C[C@H]2C[C@H](OC(=O)CNC(C)(C)C)C[C@@H]2c2cccc(F)c2)CC1. The quantitative estimate of drug-likeness (QED) is 0.139. The average Bonchev–Trinajstić information content (AvgIpc) is 3.75. The maximum atomic E-state index is 14.4. The molecule has 52 heavy (non-hydrogen) atoms. The molecule has 0 radical (unpaired) electrons. The summed E-state index contributed by atoms with van der Waals surface area (Å²) in [6, 6.07) is 35.5. The van der Waals surface area contributed by atoms with Crippen molar-refractivity contribution in [2.75, 3.05) is 26.2 Å². The number of nitrogens with zero attached hydrogens (tertiary/aromatic N) is 3. The van der Waals surface area contributed by atoms with E-state index in [-0.39, 0.29) is 47.7 Å². The molecule has 1 saturated heterocycles. The maximum absolute atomic E-state index is 14.4. The van der Waals surface area contributed by atoms with E-state index in [0.717, 1.165) is 63.1 Å². The summed E-state index contributed by atoms with van der Waals surface area (Å²) in [5.74, 6) is 0.474. The lowest BCUT2D eigenvalue weighted by Gasteiger charge is -2.35. The van der Waals surface area contributed by atoms with Gasteiger partial charge in [0.25, 0.3) is 0 Å². The summed E-state index contributed by atoms with van der Waals surface area (Å²) in [5.41, 5.74) is 5.77. The lowest BCUT2D eigenvalue weighted by molar-refractivity contribution is -0.148. The molecule has 7 rings (SSSR count). The molecule has 2 aliphatic rings. The third-order valence-corrected chi connectivity index (χ3v) is 11.2. The monoisotopic (exact) mass is 700 g/mol. The molecule has 0 bridgehead atoms. The standard InChI is InChI=1S/C45H53FN4O2/c1-5-50-42(28-41(48-50)44(33-13-7-6-8-14-33)36-19-18-31-12-9-10-15-34(31)24-36)32-20-22-49(23-21-32)30-37-26-39(52-43(51)29-47-45(2,3)4)27-40(37)35-16-11-17-38(46)25-35/h6-19,24-25,28,32,37,39-40,44,47H,5,20-23,26-27,29-30H2,1-4H3/t37-,39+,40-,44-/m1/s1. The van der Waals surface area contributed by atoms with E-state index in [4.69, 9.17) is 9.84 Å². The molecule has 4 atom stereocenters. The van der Waals surface area contributed by atoms with Crippen LogP contribution >= 0.6 is 0 Å². The molecule has 1 saturated carbocycles. The highest BCUT2D eigenvalue weighted by molar-refractivity contribution is 5.83. The molecule has 0 spiro atoms. The van der Waals surface area contributed by atoms with E-state index in [9.17, 15) is 9.18 Å². The van der Waals surface area contributed by atoms with E-state index in [2.05, 4.69) is 101 Å². The van der Waals surface area contributed by atoms with Crippen molar-refractivity contribution in [1.82, 2.24) is 20.0 Å². The number of aromatic nitrogens is 2. The first-order valence-corrected chi connectivity index (χ1v) is 19.2. The van der Waals surface area contributed by atoms with E-state index in [0.29, 0.717) is 5.92 Å². The lowest BCUT2D eigenvalue weighted by atomic mass is 9.85. The van der Waals surface area contributed by atoms with Gasteiger partial charge >= 0.3 is 5.97 Å². The smallest absolute Gasteiger partial charge is 0.320 e. The van der Waals surface area contributed by atoms with E-state index in [1.165, 1.54) is 33.7 Å². The van der Waals surface area contributed by atoms with Crippen molar-refractivity contribution in [3.8, 4) is 0 Å². The number of carbonyl (C=O) groups is 1. The van der Waals surface area contributed by atoms with Crippen molar-refractivity contribution in [1.29, 1.82) is 0 Å². The van der Waals surface area contributed by atoms with Gasteiger partial charge < -0.3 is 15.0 Å². The largest absolute Gasteiger partial charge is 0.461 e. The fourth-order valence-corrected chi connectivity index (χ4v) is 8.57. The van der Waals surface area contributed by atoms with E-state index >= 15 is 0 Å². The van der Waals surface area contributed by atoms with Crippen molar-refractivity contribution in [3.05, 3.63) is 137 Å². The van der Waals surface area contributed by atoms with E-state index in [1.807, 2.05) is 26.8 Å². The van der Waals surface area contributed by atoms with Gasteiger partial charge in [0.1, 0.15) is 11.9 Å². The molecule has 0 unspecified atom stereocenters. The van der Waals surface area contributed by atoms with Crippen molar-refractivity contribution in [2.45, 2.75) is 89.3 Å². The molecule has 7 heteroatoms. The molecule has 5 aromatic rings. The molecule has 1 aliphatic carbocycles. The average molecular weight is 701 g/mol. The number of hydrogen-bond acceptors (Lipinski definition) is 5. The van der Waals surface area contributed by atoms with Gasteiger partial charge in [0.05, 0.1) is 18.2 Å². The minimum atomic E-state index is -0.221. The van der Waals surface area contributed by atoms with Crippen LogP contribution in [0, 0.1) is 11.7 Å². The molecule has 1 aliphatic heterocycles. The van der Waals surface area contributed by atoms with Crippen LogP contribution in [0.25, 0.3) is 10.8 Å². The minimum absolute atomic E-state index is 0.0471. The number of aryl methyl sites for hydroxylation is 1. The van der Waals surface area contributed by atoms with Crippen LogP contribution in [0.4, 0.5) is 4.39 Å². The Balaban J connectivity index is 1.06. The van der Waals surface area contributed by atoms with Gasteiger partial charge in [-0.2, -0.15) is 5.10 Å². The first-order valence-electron chi connectivity index (χ1n) is 19.2. The van der Waals surface area contributed by atoms with Crippen LogP contribution < -0.4 is 5.32 Å². The molecular weight excluding hydrogens is 648 g/mol. The highest BCUT2D eigenvalue weighted by atomic mass is 19.1. The molecule has 1 N–H and O–H groups in total. The van der Waals surface area contributed by atoms with Crippen LogP contribution in [-0.2, 0) is 16.1 Å². The summed E-state index contributed by atoms with van der Waals surface area (Å²) in [5, 5.41) is 11.0. The van der Waals surface area contributed by atoms with E-state index in [1.54, 1.807) is 12.1 Å². The van der Waals surface area contributed by atoms with Crippen LogP contribution in [0.3, 0.4) is 0 Å². The van der Waals surface area contributed by atoms with Gasteiger partial charge in [0, 0.05) is 30.2 Å². The minimum Gasteiger partial charge on any atom is -0.461 e. The summed E-state index contributed by atoms with van der Waals surface area (Å²) in [6.07, 6.45) is 3.48. The Kier molecular flexibility index (Phi) is 10.9. The summed E-state index contributed by atoms with van der Waals surface area (Å²) >= 11 is 0. The van der Waals surface area contributed by atoms with Gasteiger partial charge in [-0.05, 0) is 124 Å². The molecule has 272 valence electrons. The van der Waals surface area contributed by atoms with Crippen molar-refractivity contribution in [3.63, 3.8) is 0 Å². The Morgan fingerprint density at radius 1 is 0.885 bits per heavy atom. The van der Waals surface area contributed by atoms with Gasteiger partial charge in [0.15, 0.2) is 0 Å². The number of hydrogen-bond donors (Lipinski definition) is 1. The number of nitrogens with one attached hydrogen (secondary N) is 1.